The molecule has 0 saturated carbocycles. The van der Waals surface area contributed by atoms with E-state index in [1.165, 1.54) is 6.07 Å². The second kappa shape index (κ2) is 4.59. The van der Waals surface area contributed by atoms with Crippen molar-refractivity contribution >= 4 is 11.7 Å². The highest BCUT2D eigenvalue weighted by molar-refractivity contribution is 5.94. The highest BCUT2D eigenvalue weighted by Crippen LogP contribution is 2.33. The third kappa shape index (κ3) is 2.63. The summed E-state index contributed by atoms with van der Waals surface area (Å²) in [6.07, 6.45) is 2.03. The maximum atomic E-state index is 13.1. The van der Waals surface area contributed by atoms with Crippen LogP contribution in [-0.2, 0) is 0 Å². The highest BCUT2D eigenvalue weighted by Gasteiger charge is 2.27. The molecule has 98 valence electrons. The smallest absolute Gasteiger partial charge is 0.337 e. The van der Waals surface area contributed by atoms with Gasteiger partial charge in [-0.1, -0.05) is 13.8 Å². The largest absolute Gasteiger partial charge is 0.478 e. The molecule has 1 aliphatic heterocycles. The van der Waals surface area contributed by atoms with Gasteiger partial charge in [-0.25, -0.2) is 9.18 Å². The maximum absolute atomic E-state index is 13.1. The number of benzene rings is 1. The molecule has 1 N–H and O–H groups in total. The van der Waals surface area contributed by atoms with Gasteiger partial charge in [-0.2, -0.15) is 0 Å². The van der Waals surface area contributed by atoms with Crippen molar-refractivity contribution in [2.45, 2.75) is 26.7 Å². The van der Waals surface area contributed by atoms with Gasteiger partial charge in [-0.15, -0.1) is 0 Å². The number of carboxylic acids is 1. The van der Waals surface area contributed by atoms with E-state index in [1.54, 1.807) is 6.07 Å². The van der Waals surface area contributed by atoms with Gasteiger partial charge in [-0.3, -0.25) is 0 Å². The number of hydrogen-bond donors (Lipinski definition) is 1. The molecule has 0 aromatic heterocycles. The molecule has 1 aliphatic rings. The molecule has 1 aromatic carbocycles. The van der Waals surface area contributed by atoms with Crippen molar-refractivity contribution in [3.63, 3.8) is 0 Å². The van der Waals surface area contributed by atoms with Crippen molar-refractivity contribution < 1.29 is 14.3 Å². The first kappa shape index (κ1) is 12.9. The molecule has 2 rings (SSSR count). The van der Waals surface area contributed by atoms with E-state index in [9.17, 15) is 9.18 Å². The van der Waals surface area contributed by atoms with Crippen LogP contribution in [0.4, 0.5) is 10.1 Å². The normalized spacial score (nSPS) is 18.7. The Labute approximate surface area is 106 Å². The molecule has 0 atom stereocenters. The molecule has 0 unspecified atom stereocenters. The molecule has 1 heterocycles. The predicted octanol–water partition coefficient (Wildman–Crippen LogP) is 3.15. The number of nitrogens with zero attached hydrogens (tertiary/aromatic N) is 1. The zero-order valence-electron chi connectivity index (χ0n) is 10.7. The van der Waals surface area contributed by atoms with Gasteiger partial charge in [-0.05, 0) is 36.5 Å². The fraction of sp³-hybridized carbons (Fsp3) is 0.500. The third-order valence-corrected chi connectivity index (χ3v) is 3.65. The Morgan fingerprint density at radius 2 is 1.94 bits per heavy atom. The van der Waals surface area contributed by atoms with Crippen LogP contribution in [0.3, 0.4) is 0 Å². The molecular weight excluding hydrogens is 233 g/mol. The minimum absolute atomic E-state index is 0.0507. The van der Waals surface area contributed by atoms with Crippen molar-refractivity contribution in [1.82, 2.24) is 0 Å². The molecule has 0 amide bonds. The van der Waals surface area contributed by atoms with Crippen LogP contribution in [0.1, 0.15) is 37.0 Å². The maximum Gasteiger partial charge on any atom is 0.337 e. The molecule has 1 fully saturated rings. The lowest BCUT2D eigenvalue weighted by atomic mass is 9.82. The average Bonchev–Trinajstić information content (AvgIpc) is 2.29. The molecule has 0 spiro atoms. The number of aromatic carboxylic acids is 1. The second-order valence-corrected chi connectivity index (χ2v) is 5.62. The quantitative estimate of drug-likeness (QED) is 0.877. The van der Waals surface area contributed by atoms with E-state index in [-0.39, 0.29) is 5.56 Å². The predicted molar refractivity (Wildman–Crippen MR) is 68.6 cm³/mol. The molecular formula is C14H18FNO2. The van der Waals surface area contributed by atoms with E-state index in [0.717, 1.165) is 32.0 Å². The number of anilines is 1. The van der Waals surface area contributed by atoms with Crippen LogP contribution in [-0.4, -0.2) is 24.2 Å². The SMILES string of the molecule is CC1(C)CCN(c2ccc(F)cc2C(=O)O)CC1. The van der Waals surface area contributed by atoms with Crippen molar-refractivity contribution in [1.29, 1.82) is 0 Å². The van der Waals surface area contributed by atoms with Gasteiger partial charge < -0.3 is 10.0 Å². The van der Waals surface area contributed by atoms with Crippen molar-refractivity contribution in [3.8, 4) is 0 Å². The Hall–Kier alpha value is -1.58. The van der Waals surface area contributed by atoms with Crippen LogP contribution >= 0.6 is 0 Å². The van der Waals surface area contributed by atoms with E-state index >= 15 is 0 Å². The Morgan fingerprint density at radius 1 is 1.33 bits per heavy atom. The van der Waals surface area contributed by atoms with E-state index < -0.39 is 11.8 Å². The van der Waals surface area contributed by atoms with E-state index in [4.69, 9.17) is 5.11 Å². The zero-order chi connectivity index (χ0) is 13.3. The van der Waals surface area contributed by atoms with Gasteiger partial charge in [0.25, 0.3) is 0 Å². The van der Waals surface area contributed by atoms with Gasteiger partial charge in [0.15, 0.2) is 0 Å². The number of halogens is 1. The van der Waals surface area contributed by atoms with Crippen LogP contribution in [0.2, 0.25) is 0 Å². The lowest BCUT2D eigenvalue weighted by Gasteiger charge is -2.38. The van der Waals surface area contributed by atoms with Crippen LogP contribution in [0.25, 0.3) is 0 Å². The fourth-order valence-electron chi connectivity index (χ4n) is 2.31. The Balaban J connectivity index is 2.26. The van der Waals surface area contributed by atoms with Crippen molar-refractivity contribution in [2.75, 3.05) is 18.0 Å². The number of rotatable bonds is 2. The molecule has 0 aliphatic carbocycles. The molecule has 0 radical (unpaired) electrons. The van der Waals surface area contributed by atoms with Crippen LogP contribution in [0.15, 0.2) is 18.2 Å². The van der Waals surface area contributed by atoms with Gasteiger partial charge in [0.1, 0.15) is 5.82 Å². The fourth-order valence-corrected chi connectivity index (χ4v) is 2.31. The van der Waals surface area contributed by atoms with Crippen LogP contribution in [0, 0.1) is 11.2 Å². The van der Waals surface area contributed by atoms with Gasteiger partial charge in [0.05, 0.1) is 11.3 Å². The summed E-state index contributed by atoms with van der Waals surface area (Å²) in [5.41, 5.74) is 0.981. The van der Waals surface area contributed by atoms with Crippen LogP contribution < -0.4 is 4.90 Å². The lowest BCUT2D eigenvalue weighted by Crippen LogP contribution is -2.38. The Morgan fingerprint density at radius 3 is 2.50 bits per heavy atom. The van der Waals surface area contributed by atoms with E-state index in [2.05, 4.69) is 13.8 Å². The molecule has 0 bridgehead atoms. The molecule has 3 nitrogen and oxygen atoms in total. The number of carbonyl (C=O) groups is 1. The zero-order valence-corrected chi connectivity index (χ0v) is 10.7. The van der Waals surface area contributed by atoms with Crippen LogP contribution in [0.5, 0.6) is 0 Å². The van der Waals surface area contributed by atoms with Gasteiger partial charge >= 0.3 is 5.97 Å². The summed E-state index contributed by atoms with van der Waals surface area (Å²) < 4.78 is 13.1. The summed E-state index contributed by atoms with van der Waals surface area (Å²) in [5.74, 6) is -1.58. The summed E-state index contributed by atoms with van der Waals surface area (Å²) in [6.45, 7) is 6.07. The first-order chi connectivity index (χ1) is 8.39. The number of carboxylic acid groups (broad SMARTS) is 1. The molecule has 4 heteroatoms. The molecule has 1 saturated heterocycles. The highest BCUT2D eigenvalue weighted by atomic mass is 19.1. The average molecular weight is 251 g/mol. The van der Waals surface area contributed by atoms with Crippen molar-refractivity contribution in [3.05, 3.63) is 29.6 Å². The number of piperidine rings is 1. The minimum Gasteiger partial charge on any atom is -0.478 e. The van der Waals surface area contributed by atoms with E-state index in [0.29, 0.717) is 11.1 Å². The summed E-state index contributed by atoms with van der Waals surface area (Å²) in [4.78, 5) is 13.2. The Bertz CT molecular complexity index is 461. The Kier molecular flexibility index (Phi) is 3.28. The lowest BCUT2D eigenvalue weighted by molar-refractivity contribution is 0.0697. The standard InChI is InChI=1S/C14H18FNO2/c1-14(2)5-7-16(8-6-14)12-4-3-10(15)9-11(12)13(17)18/h3-4,9H,5-8H2,1-2H3,(H,17,18). The summed E-state index contributed by atoms with van der Waals surface area (Å²) in [6, 6.07) is 3.98. The van der Waals surface area contributed by atoms with E-state index in [1.807, 2.05) is 4.90 Å². The minimum atomic E-state index is -1.07. The number of hydrogen-bond acceptors (Lipinski definition) is 2. The monoisotopic (exact) mass is 251 g/mol. The molecule has 1 aromatic rings. The van der Waals surface area contributed by atoms with Crippen molar-refractivity contribution in [2.24, 2.45) is 5.41 Å². The topological polar surface area (TPSA) is 40.5 Å². The summed E-state index contributed by atoms with van der Waals surface area (Å²) in [7, 11) is 0. The third-order valence-electron chi connectivity index (χ3n) is 3.65. The summed E-state index contributed by atoms with van der Waals surface area (Å²) >= 11 is 0. The summed E-state index contributed by atoms with van der Waals surface area (Å²) in [5, 5.41) is 9.13. The van der Waals surface area contributed by atoms with Gasteiger partial charge in [0.2, 0.25) is 0 Å². The van der Waals surface area contributed by atoms with Gasteiger partial charge in [0, 0.05) is 13.1 Å². The molecule has 18 heavy (non-hydrogen) atoms. The second-order valence-electron chi connectivity index (χ2n) is 5.62. The first-order valence-corrected chi connectivity index (χ1v) is 6.17. The first-order valence-electron chi connectivity index (χ1n) is 6.17.